The number of para-hydroxylation sites is 1. The van der Waals surface area contributed by atoms with Crippen LogP contribution < -0.4 is 10.1 Å². The summed E-state index contributed by atoms with van der Waals surface area (Å²) >= 11 is 0. The first kappa shape index (κ1) is 16.8. The minimum absolute atomic E-state index is 0.380. The normalized spacial score (nSPS) is 21.7. The van der Waals surface area contributed by atoms with Crippen LogP contribution in [0.4, 0.5) is 0 Å². The van der Waals surface area contributed by atoms with Crippen molar-refractivity contribution in [3.05, 3.63) is 29.8 Å². The number of nitrogens with zero attached hydrogens (tertiary/aromatic N) is 1. The highest BCUT2D eigenvalue weighted by Gasteiger charge is 2.36. The summed E-state index contributed by atoms with van der Waals surface area (Å²) in [5, 5.41) is 21.3. The van der Waals surface area contributed by atoms with Crippen molar-refractivity contribution >= 4 is 11.9 Å². The number of aliphatic carboxylic acids is 1. The molecule has 1 saturated carbocycles. The van der Waals surface area contributed by atoms with Crippen molar-refractivity contribution < 1.29 is 19.4 Å². The Kier molecular flexibility index (Phi) is 5.58. The fourth-order valence-electron chi connectivity index (χ4n) is 3.07. The Labute approximate surface area is 135 Å². The number of carboxylic acid groups (broad SMARTS) is 1. The molecule has 0 heterocycles. The van der Waals surface area contributed by atoms with Gasteiger partial charge < -0.3 is 15.2 Å². The van der Waals surface area contributed by atoms with Crippen LogP contribution in [0, 0.1) is 23.2 Å². The van der Waals surface area contributed by atoms with Crippen LogP contribution in [-0.2, 0) is 9.59 Å². The Morgan fingerprint density at radius 1 is 1.30 bits per heavy atom. The number of hydrogen-bond acceptors (Lipinski definition) is 4. The zero-order chi connectivity index (χ0) is 16.8. The minimum Gasteiger partial charge on any atom is -0.496 e. The number of amides is 1. The summed E-state index contributed by atoms with van der Waals surface area (Å²) < 4.78 is 5.22. The van der Waals surface area contributed by atoms with E-state index in [0.717, 1.165) is 12.8 Å². The topological polar surface area (TPSA) is 99.4 Å². The molecule has 0 bridgehead atoms. The first-order chi connectivity index (χ1) is 11.1. The Balaban J connectivity index is 2.16. The smallest absolute Gasteiger partial charge is 0.307 e. The first-order valence-corrected chi connectivity index (χ1v) is 7.64. The van der Waals surface area contributed by atoms with Gasteiger partial charge in [-0.1, -0.05) is 31.0 Å². The van der Waals surface area contributed by atoms with Crippen molar-refractivity contribution in [1.29, 1.82) is 5.26 Å². The number of nitriles is 1. The van der Waals surface area contributed by atoms with E-state index in [0.29, 0.717) is 24.2 Å². The zero-order valence-electron chi connectivity index (χ0n) is 13.0. The summed E-state index contributed by atoms with van der Waals surface area (Å²) in [6, 6.07) is 8.14. The van der Waals surface area contributed by atoms with E-state index in [1.54, 1.807) is 24.3 Å². The Morgan fingerprint density at radius 3 is 2.57 bits per heavy atom. The summed E-state index contributed by atoms with van der Waals surface area (Å²) in [7, 11) is 1.50. The van der Waals surface area contributed by atoms with Crippen molar-refractivity contribution in [2.45, 2.75) is 31.7 Å². The summed E-state index contributed by atoms with van der Waals surface area (Å²) in [6.07, 6.45) is 2.68. The van der Waals surface area contributed by atoms with Gasteiger partial charge in [0.05, 0.1) is 25.0 Å². The Morgan fingerprint density at radius 2 is 1.96 bits per heavy atom. The lowest BCUT2D eigenvalue weighted by Crippen LogP contribution is -2.41. The average Bonchev–Trinajstić information content (AvgIpc) is 2.59. The Bertz CT molecular complexity index is 623. The van der Waals surface area contributed by atoms with Crippen molar-refractivity contribution in [2.24, 2.45) is 11.8 Å². The molecule has 6 nitrogen and oxygen atoms in total. The number of carbonyl (C=O) groups is 2. The molecular formula is C17H20N2O4. The predicted molar refractivity (Wildman–Crippen MR) is 82.6 cm³/mol. The highest BCUT2D eigenvalue weighted by molar-refractivity contribution is 5.85. The van der Waals surface area contributed by atoms with Gasteiger partial charge in [-0.15, -0.1) is 0 Å². The molecule has 122 valence electrons. The molecule has 3 unspecified atom stereocenters. The van der Waals surface area contributed by atoms with E-state index in [1.165, 1.54) is 7.11 Å². The van der Waals surface area contributed by atoms with Gasteiger partial charge in [0.25, 0.3) is 0 Å². The lowest BCUT2D eigenvalue weighted by Gasteiger charge is -2.28. The maximum absolute atomic E-state index is 12.5. The molecule has 2 rings (SSSR count). The van der Waals surface area contributed by atoms with Gasteiger partial charge in [0.15, 0.2) is 0 Å². The zero-order valence-corrected chi connectivity index (χ0v) is 13.0. The van der Waals surface area contributed by atoms with Crippen molar-refractivity contribution in [2.75, 3.05) is 7.11 Å². The summed E-state index contributed by atoms with van der Waals surface area (Å²) in [6.45, 7) is 0. The number of carboxylic acids is 1. The van der Waals surface area contributed by atoms with Gasteiger partial charge in [0, 0.05) is 5.56 Å². The van der Waals surface area contributed by atoms with Gasteiger partial charge in [-0.05, 0) is 18.9 Å². The van der Waals surface area contributed by atoms with Gasteiger partial charge in [0.1, 0.15) is 11.8 Å². The van der Waals surface area contributed by atoms with Crippen LogP contribution >= 0.6 is 0 Å². The summed E-state index contributed by atoms with van der Waals surface area (Å²) in [4.78, 5) is 23.8. The minimum atomic E-state index is -0.948. The monoisotopic (exact) mass is 316 g/mol. The third-order valence-electron chi connectivity index (χ3n) is 4.29. The third kappa shape index (κ3) is 3.81. The molecule has 1 aromatic carbocycles. The SMILES string of the molecule is COc1ccccc1C(C#N)NC(=O)C1CCCCC1C(=O)O. The van der Waals surface area contributed by atoms with Gasteiger partial charge in [0.2, 0.25) is 5.91 Å². The van der Waals surface area contributed by atoms with Crippen LogP contribution in [0.3, 0.4) is 0 Å². The van der Waals surface area contributed by atoms with Crippen LogP contribution in [0.25, 0.3) is 0 Å². The maximum Gasteiger partial charge on any atom is 0.307 e. The second kappa shape index (κ2) is 7.63. The highest BCUT2D eigenvalue weighted by atomic mass is 16.5. The number of nitrogens with one attached hydrogen (secondary N) is 1. The maximum atomic E-state index is 12.5. The van der Waals surface area contributed by atoms with Crippen LogP contribution in [0.15, 0.2) is 24.3 Å². The average molecular weight is 316 g/mol. The van der Waals surface area contributed by atoms with Crippen LogP contribution in [0.1, 0.15) is 37.3 Å². The molecule has 0 radical (unpaired) electrons. The molecule has 6 heteroatoms. The molecule has 0 aromatic heterocycles. The van der Waals surface area contributed by atoms with E-state index in [1.807, 2.05) is 6.07 Å². The summed E-state index contributed by atoms with van der Waals surface area (Å²) in [5.74, 6) is -2.09. The second-order valence-electron chi connectivity index (χ2n) is 5.65. The second-order valence-corrected chi connectivity index (χ2v) is 5.65. The van der Waals surface area contributed by atoms with E-state index in [-0.39, 0.29) is 5.91 Å². The summed E-state index contributed by atoms with van der Waals surface area (Å²) in [5.41, 5.74) is 0.563. The van der Waals surface area contributed by atoms with E-state index < -0.39 is 23.8 Å². The molecule has 3 atom stereocenters. The molecule has 23 heavy (non-hydrogen) atoms. The lowest BCUT2D eigenvalue weighted by molar-refractivity contribution is -0.149. The van der Waals surface area contributed by atoms with E-state index >= 15 is 0 Å². The van der Waals surface area contributed by atoms with Crippen molar-refractivity contribution in [1.82, 2.24) is 5.32 Å². The largest absolute Gasteiger partial charge is 0.496 e. The van der Waals surface area contributed by atoms with Crippen molar-refractivity contribution in [3.8, 4) is 11.8 Å². The molecule has 1 fully saturated rings. The predicted octanol–water partition coefficient (Wildman–Crippen LogP) is 2.27. The van der Waals surface area contributed by atoms with Crippen LogP contribution in [-0.4, -0.2) is 24.1 Å². The van der Waals surface area contributed by atoms with Gasteiger partial charge in [-0.3, -0.25) is 9.59 Å². The molecule has 1 aliphatic rings. The van der Waals surface area contributed by atoms with Crippen LogP contribution in [0.2, 0.25) is 0 Å². The molecule has 1 amide bonds. The molecule has 0 spiro atoms. The molecule has 0 aliphatic heterocycles. The lowest BCUT2D eigenvalue weighted by atomic mass is 9.78. The number of carbonyl (C=O) groups excluding carboxylic acids is 1. The number of ether oxygens (including phenoxy) is 1. The highest BCUT2D eigenvalue weighted by Crippen LogP contribution is 2.32. The van der Waals surface area contributed by atoms with Crippen molar-refractivity contribution in [3.63, 3.8) is 0 Å². The fourth-order valence-corrected chi connectivity index (χ4v) is 3.07. The van der Waals surface area contributed by atoms with E-state index in [9.17, 15) is 20.0 Å². The molecule has 1 aromatic rings. The Hall–Kier alpha value is -2.55. The van der Waals surface area contributed by atoms with Gasteiger partial charge in [-0.25, -0.2) is 0 Å². The first-order valence-electron chi connectivity index (χ1n) is 7.64. The standard InChI is InChI=1S/C17H20N2O4/c1-23-15-9-5-4-8-13(15)14(10-18)19-16(20)11-6-2-3-7-12(11)17(21)22/h4-5,8-9,11-12,14H,2-3,6-7H2,1H3,(H,19,20)(H,21,22). The number of benzene rings is 1. The molecule has 0 saturated heterocycles. The van der Waals surface area contributed by atoms with Gasteiger partial charge >= 0.3 is 5.97 Å². The van der Waals surface area contributed by atoms with E-state index in [4.69, 9.17) is 4.74 Å². The number of hydrogen-bond donors (Lipinski definition) is 2. The number of rotatable bonds is 5. The molecule has 2 N–H and O–H groups in total. The molecule has 1 aliphatic carbocycles. The van der Waals surface area contributed by atoms with Gasteiger partial charge in [-0.2, -0.15) is 5.26 Å². The fraction of sp³-hybridized carbons (Fsp3) is 0.471. The third-order valence-corrected chi connectivity index (χ3v) is 4.29. The molecular weight excluding hydrogens is 296 g/mol. The van der Waals surface area contributed by atoms with Crippen LogP contribution in [0.5, 0.6) is 5.75 Å². The van der Waals surface area contributed by atoms with E-state index in [2.05, 4.69) is 5.32 Å². The quantitative estimate of drug-likeness (QED) is 0.868. The number of methoxy groups -OCH3 is 1.